The molecule has 1 N–H and O–H groups in total. The predicted octanol–water partition coefficient (Wildman–Crippen LogP) is 3.93. The Bertz CT molecular complexity index is 750. The summed E-state index contributed by atoms with van der Waals surface area (Å²) in [5.74, 6) is -0.709. The zero-order valence-corrected chi connectivity index (χ0v) is 12.7. The average Bonchev–Trinajstić information content (AvgIpc) is 2.46. The molecule has 1 heterocycles. The van der Waals surface area contributed by atoms with Crippen LogP contribution in [-0.2, 0) is 6.18 Å². The van der Waals surface area contributed by atoms with Gasteiger partial charge in [0.15, 0.2) is 0 Å². The molecule has 1 aromatic carbocycles. The van der Waals surface area contributed by atoms with E-state index in [1.807, 2.05) is 0 Å². The molecule has 0 aliphatic rings. The van der Waals surface area contributed by atoms with Crippen molar-refractivity contribution in [2.75, 3.05) is 5.32 Å². The Kier molecular flexibility index (Phi) is 4.86. The Morgan fingerprint density at radius 2 is 1.92 bits per heavy atom. The average molecular weight is 342 g/mol. The Hall–Kier alpha value is -2.91. The van der Waals surface area contributed by atoms with Crippen LogP contribution in [0.2, 0.25) is 0 Å². The number of alkyl halides is 3. The van der Waals surface area contributed by atoms with Gasteiger partial charge < -0.3 is 10.1 Å². The Morgan fingerprint density at radius 1 is 1.25 bits per heavy atom. The number of para-hydroxylation sites is 1. The maximum atomic E-state index is 13.0. The number of nitro groups is 1. The van der Waals surface area contributed by atoms with E-state index in [1.54, 1.807) is 13.8 Å². The van der Waals surface area contributed by atoms with Gasteiger partial charge >= 0.3 is 11.9 Å². The highest BCUT2D eigenvalue weighted by Crippen LogP contribution is 2.38. The topological polar surface area (TPSA) is 90.2 Å². The zero-order valence-electron chi connectivity index (χ0n) is 12.7. The van der Waals surface area contributed by atoms with Crippen molar-refractivity contribution in [1.29, 1.82) is 0 Å². The van der Waals surface area contributed by atoms with Gasteiger partial charge in [0.25, 0.3) is 5.88 Å². The van der Waals surface area contributed by atoms with Crippen molar-refractivity contribution in [3.05, 3.63) is 46.3 Å². The van der Waals surface area contributed by atoms with E-state index in [2.05, 4.69) is 15.3 Å². The summed E-state index contributed by atoms with van der Waals surface area (Å²) in [5.41, 5.74) is -1.96. The lowest BCUT2D eigenvalue weighted by atomic mass is 10.1. The number of rotatable bonds is 5. The van der Waals surface area contributed by atoms with Crippen LogP contribution in [0.1, 0.15) is 19.4 Å². The van der Waals surface area contributed by atoms with Gasteiger partial charge in [-0.05, 0) is 26.0 Å². The molecule has 2 aromatic rings. The second-order valence-corrected chi connectivity index (χ2v) is 4.97. The van der Waals surface area contributed by atoms with Crippen LogP contribution >= 0.6 is 0 Å². The number of benzene rings is 1. The molecule has 10 heteroatoms. The van der Waals surface area contributed by atoms with Gasteiger partial charge in [-0.25, -0.2) is 4.98 Å². The van der Waals surface area contributed by atoms with Gasteiger partial charge in [0, 0.05) is 0 Å². The normalized spacial score (nSPS) is 11.4. The quantitative estimate of drug-likeness (QED) is 0.654. The predicted molar refractivity (Wildman–Crippen MR) is 79.2 cm³/mol. The number of halogens is 3. The number of nitrogens with zero attached hydrogens (tertiary/aromatic N) is 3. The number of nitrogens with one attached hydrogen (secondary N) is 1. The minimum absolute atomic E-state index is 0.322. The molecule has 0 atom stereocenters. The monoisotopic (exact) mass is 342 g/mol. The van der Waals surface area contributed by atoms with E-state index in [0.29, 0.717) is 0 Å². The third-order valence-electron chi connectivity index (χ3n) is 2.80. The molecular formula is C14H13F3N4O3. The lowest BCUT2D eigenvalue weighted by molar-refractivity contribution is -0.385. The second kappa shape index (κ2) is 6.69. The van der Waals surface area contributed by atoms with E-state index in [9.17, 15) is 23.3 Å². The van der Waals surface area contributed by atoms with Gasteiger partial charge in [0.2, 0.25) is 5.82 Å². The molecule has 0 unspecified atom stereocenters. The fourth-order valence-electron chi connectivity index (χ4n) is 1.90. The molecule has 1 aromatic heterocycles. The third kappa shape index (κ3) is 3.89. The summed E-state index contributed by atoms with van der Waals surface area (Å²) in [4.78, 5) is 17.8. The fourth-order valence-corrected chi connectivity index (χ4v) is 1.90. The minimum atomic E-state index is -4.62. The van der Waals surface area contributed by atoms with Crippen LogP contribution in [0, 0.1) is 10.1 Å². The lowest BCUT2D eigenvalue weighted by Crippen LogP contribution is -2.12. The standard InChI is InChI=1S/C14H13F3N4O3/c1-8(2)24-13-11(21(22)23)12(18-7-19-13)20-10-6-4-3-5-9(10)14(15,16)17/h3-8H,1-2H3,(H,18,19,20). The molecular weight excluding hydrogens is 329 g/mol. The summed E-state index contributed by atoms with van der Waals surface area (Å²) in [6, 6.07) is 4.60. The van der Waals surface area contributed by atoms with E-state index in [1.165, 1.54) is 12.1 Å². The van der Waals surface area contributed by atoms with E-state index in [0.717, 1.165) is 18.5 Å². The molecule has 0 aliphatic carbocycles. The van der Waals surface area contributed by atoms with E-state index >= 15 is 0 Å². The van der Waals surface area contributed by atoms with Crippen molar-refractivity contribution in [2.24, 2.45) is 0 Å². The van der Waals surface area contributed by atoms with E-state index in [4.69, 9.17) is 4.74 Å². The Balaban J connectivity index is 2.50. The molecule has 2 rings (SSSR count). The molecule has 0 saturated heterocycles. The van der Waals surface area contributed by atoms with Gasteiger partial charge in [-0.3, -0.25) is 10.1 Å². The van der Waals surface area contributed by atoms with Crippen molar-refractivity contribution in [3.8, 4) is 5.88 Å². The number of hydrogen-bond donors (Lipinski definition) is 1. The molecule has 128 valence electrons. The van der Waals surface area contributed by atoms with Crippen LogP contribution in [-0.4, -0.2) is 21.0 Å². The summed E-state index contributed by atoms with van der Waals surface area (Å²) in [6.07, 6.45) is -4.06. The number of ether oxygens (including phenoxy) is 1. The third-order valence-corrected chi connectivity index (χ3v) is 2.80. The summed E-state index contributed by atoms with van der Waals surface area (Å²) in [7, 11) is 0. The van der Waals surface area contributed by atoms with Gasteiger partial charge in [-0.2, -0.15) is 18.2 Å². The SMILES string of the molecule is CC(C)Oc1ncnc(Nc2ccccc2C(F)(F)F)c1[N+](=O)[O-]. The molecule has 7 nitrogen and oxygen atoms in total. The van der Waals surface area contributed by atoms with Gasteiger partial charge in [-0.1, -0.05) is 12.1 Å². The maximum absolute atomic E-state index is 13.0. The van der Waals surface area contributed by atoms with Crippen molar-refractivity contribution in [3.63, 3.8) is 0 Å². The largest absolute Gasteiger partial charge is 0.470 e. The number of hydrogen-bond acceptors (Lipinski definition) is 6. The van der Waals surface area contributed by atoms with Crippen LogP contribution in [0.4, 0.5) is 30.4 Å². The Morgan fingerprint density at radius 3 is 2.50 bits per heavy atom. The molecule has 0 fully saturated rings. The first kappa shape index (κ1) is 17.4. The molecule has 24 heavy (non-hydrogen) atoms. The number of aromatic nitrogens is 2. The molecule has 0 spiro atoms. The maximum Gasteiger partial charge on any atom is 0.418 e. The van der Waals surface area contributed by atoms with E-state index in [-0.39, 0.29) is 17.4 Å². The second-order valence-electron chi connectivity index (χ2n) is 4.97. The first-order valence-corrected chi connectivity index (χ1v) is 6.79. The molecule has 0 aliphatic heterocycles. The van der Waals surface area contributed by atoms with E-state index < -0.39 is 28.5 Å². The van der Waals surface area contributed by atoms with Crippen LogP contribution in [0.5, 0.6) is 5.88 Å². The van der Waals surface area contributed by atoms with Crippen molar-refractivity contribution < 1.29 is 22.8 Å². The summed E-state index contributed by atoms with van der Waals surface area (Å²) >= 11 is 0. The van der Waals surface area contributed by atoms with Crippen molar-refractivity contribution >= 4 is 17.2 Å². The van der Waals surface area contributed by atoms with Gasteiger partial charge in [0.1, 0.15) is 6.33 Å². The zero-order chi connectivity index (χ0) is 17.9. The molecule has 0 saturated carbocycles. The van der Waals surface area contributed by atoms with Gasteiger partial charge in [-0.15, -0.1) is 0 Å². The number of anilines is 2. The highest BCUT2D eigenvalue weighted by molar-refractivity contribution is 5.70. The minimum Gasteiger partial charge on any atom is -0.470 e. The smallest absolute Gasteiger partial charge is 0.418 e. The lowest BCUT2D eigenvalue weighted by Gasteiger charge is -2.15. The first-order chi connectivity index (χ1) is 11.2. The van der Waals surface area contributed by atoms with Crippen LogP contribution in [0.25, 0.3) is 0 Å². The first-order valence-electron chi connectivity index (χ1n) is 6.79. The summed E-state index contributed by atoms with van der Waals surface area (Å²) in [5, 5.41) is 13.6. The van der Waals surface area contributed by atoms with Crippen LogP contribution in [0.15, 0.2) is 30.6 Å². The van der Waals surface area contributed by atoms with Crippen LogP contribution < -0.4 is 10.1 Å². The Labute approximate surface area is 134 Å². The summed E-state index contributed by atoms with van der Waals surface area (Å²) in [6.45, 7) is 3.27. The fraction of sp³-hybridized carbons (Fsp3) is 0.286. The highest BCUT2D eigenvalue weighted by atomic mass is 19.4. The molecule has 0 radical (unpaired) electrons. The molecule has 0 bridgehead atoms. The molecule has 0 amide bonds. The van der Waals surface area contributed by atoms with Gasteiger partial charge in [0.05, 0.1) is 22.3 Å². The van der Waals surface area contributed by atoms with Crippen molar-refractivity contribution in [2.45, 2.75) is 26.1 Å². The summed E-state index contributed by atoms with van der Waals surface area (Å²) < 4.78 is 44.3. The highest BCUT2D eigenvalue weighted by Gasteiger charge is 2.34. The van der Waals surface area contributed by atoms with Crippen LogP contribution in [0.3, 0.4) is 0 Å². The van der Waals surface area contributed by atoms with Crippen molar-refractivity contribution in [1.82, 2.24) is 9.97 Å².